The van der Waals surface area contributed by atoms with Gasteiger partial charge in [-0.2, -0.15) is 0 Å². The van der Waals surface area contributed by atoms with E-state index in [2.05, 4.69) is 20.8 Å². The number of halogens is 2. The molecule has 0 radical (unpaired) electrons. The summed E-state index contributed by atoms with van der Waals surface area (Å²) in [6.45, 7) is 0. The average molecular weight is 344 g/mol. The minimum absolute atomic E-state index is 0.00620. The summed E-state index contributed by atoms with van der Waals surface area (Å²) in [6, 6.07) is 11.3. The quantitative estimate of drug-likeness (QED) is 0.739. The highest BCUT2D eigenvalue weighted by molar-refractivity contribution is 6.30. The molecule has 1 N–H and O–H groups in total. The van der Waals surface area contributed by atoms with Gasteiger partial charge in [0.25, 0.3) is 0 Å². The lowest BCUT2D eigenvalue weighted by molar-refractivity contribution is -0.111. The number of tetrazole rings is 1. The molecule has 24 heavy (non-hydrogen) atoms. The van der Waals surface area contributed by atoms with Crippen molar-refractivity contribution >= 4 is 29.3 Å². The summed E-state index contributed by atoms with van der Waals surface area (Å²) >= 11 is 5.70. The van der Waals surface area contributed by atoms with E-state index in [0.29, 0.717) is 16.9 Å². The van der Waals surface area contributed by atoms with E-state index in [0.717, 1.165) is 0 Å². The van der Waals surface area contributed by atoms with Crippen molar-refractivity contribution in [2.45, 2.75) is 0 Å². The molecule has 1 amide bonds. The van der Waals surface area contributed by atoms with Crippen LogP contribution in [0, 0.1) is 5.82 Å². The molecule has 0 bridgehead atoms. The van der Waals surface area contributed by atoms with Crippen LogP contribution in [0.5, 0.6) is 0 Å². The molecule has 0 unspecified atom stereocenters. The SMILES string of the molecule is O=C(/C=C/c1ccc(F)c(Cl)c1)Nc1cccc(-n2cnnn2)c1. The lowest BCUT2D eigenvalue weighted by Crippen LogP contribution is -2.08. The number of nitrogens with one attached hydrogen (secondary N) is 1. The van der Waals surface area contributed by atoms with Gasteiger partial charge < -0.3 is 5.32 Å². The summed E-state index contributed by atoms with van der Waals surface area (Å²) in [6.07, 6.45) is 4.35. The van der Waals surface area contributed by atoms with E-state index < -0.39 is 5.82 Å². The fraction of sp³-hybridized carbons (Fsp3) is 0. The van der Waals surface area contributed by atoms with Gasteiger partial charge in [0.2, 0.25) is 5.91 Å². The molecule has 8 heteroatoms. The van der Waals surface area contributed by atoms with Gasteiger partial charge in [-0.15, -0.1) is 5.10 Å². The number of rotatable bonds is 4. The molecule has 0 spiro atoms. The van der Waals surface area contributed by atoms with Crippen molar-refractivity contribution in [1.29, 1.82) is 0 Å². The maximum absolute atomic E-state index is 13.1. The predicted octanol–water partition coefficient (Wildman–Crippen LogP) is 3.11. The van der Waals surface area contributed by atoms with E-state index in [4.69, 9.17) is 11.6 Å². The zero-order valence-corrected chi connectivity index (χ0v) is 13.0. The molecule has 0 saturated carbocycles. The number of anilines is 1. The van der Waals surface area contributed by atoms with Gasteiger partial charge in [-0.05, 0) is 52.4 Å². The van der Waals surface area contributed by atoms with Crippen LogP contribution in [0.25, 0.3) is 11.8 Å². The molecule has 6 nitrogen and oxygen atoms in total. The smallest absolute Gasteiger partial charge is 0.248 e. The number of carbonyl (C=O) groups excluding carboxylic acids is 1. The van der Waals surface area contributed by atoms with Crippen LogP contribution in [-0.4, -0.2) is 26.1 Å². The Labute approximate surface area is 141 Å². The fourth-order valence-corrected chi connectivity index (χ4v) is 2.17. The monoisotopic (exact) mass is 343 g/mol. The van der Waals surface area contributed by atoms with Gasteiger partial charge >= 0.3 is 0 Å². The number of hydrogen-bond donors (Lipinski definition) is 1. The molecular weight excluding hydrogens is 333 g/mol. The third-order valence-electron chi connectivity index (χ3n) is 3.10. The van der Waals surface area contributed by atoms with Crippen molar-refractivity contribution in [3.05, 3.63) is 71.3 Å². The van der Waals surface area contributed by atoms with Gasteiger partial charge in [-0.3, -0.25) is 4.79 Å². The molecule has 3 rings (SSSR count). The maximum Gasteiger partial charge on any atom is 0.248 e. The second-order valence-electron chi connectivity index (χ2n) is 4.80. The average Bonchev–Trinajstić information content (AvgIpc) is 3.11. The first-order valence-electron chi connectivity index (χ1n) is 6.89. The molecule has 120 valence electrons. The van der Waals surface area contributed by atoms with E-state index in [9.17, 15) is 9.18 Å². The normalized spacial score (nSPS) is 10.9. The van der Waals surface area contributed by atoms with Gasteiger partial charge in [0.1, 0.15) is 12.1 Å². The minimum atomic E-state index is -0.502. The number of hydrogen-bond acceptors (Lipinski definition) is 4. The zero-order chi connectivity index (χ0) is 16.9. The summed E-state index contributed by atoms with van der Waals surface area (Å²) in [7, 11) is 0. The van der Waals surface area contributed by atoms with Crippen LogP contribution in [0.3, 0.4) is 0 Å². The van der Waals surface area contributed by atoms with E-state index in [1.54, 1.807) is 24.3 Å². The van der Waals surface area contributed by atoms with Crippen LogP contribution in [0.1, 0.15) is 5.56 Å². The van der Waals surface area contributed by atoms with Crippen LogP contribution in [0.15, 0.2) is 54.9 Å². The van der Waals surface area contributed by atoms with Gasteiger partial charge in [-0.1, -0.05) is 23.7 Å². The minimum Gasteiger partial charge on any atom is -0.322 e. The predicted molar refractivity (Wildman–Crippen MR) is 88.2 cm³/mol. The standard InChI is InChI=1S/C16H11ClFN5O/c17-14-8-11(4-6-15(14)18)5-7-16(24)20-12-2-1-3-13(9-12)23-10-19-21-22-23/h1-10H,(H,20,24)/b7-5+. The van der Waals surface area contributed by atoms with E-state index >= 15 is 0 Å². The number of benzene rings is 2. The summed E-state index contributed by atoms with van der Waals surface area (Å²) in [4.78, 5) is 12.0. The van der Waals surface area contributed by atoms with Crippen LogP contribution in [0.4, 0.5) is 10.1 Å². The van der Waals surface area contributed by atoms with Crippen molar-refractivity contribution in [3.8, 4) is 5.69 Å². The van der Waals surface area contributed by atoms with Crippen molar-refractivity contribution in [2.24, 2.45) is 0 Å². The molecule has 1 aromatic heterocycles. The number of nitrogens with zero attached hydrogens (tertiary/aromatic N) is 4. The summed E-state index contributed by atoms with van der Waals surface area (Å²) in [5.74, 6) is -0.831. The number of amides is 1. The summed E-state index contributed by atoms with van der Waals surface area (Å²) in [5.41, 5.74) is 1.93. The van der Waals surface area contributed by atoms with Crippen molar-refractivity contribution in [2.75, 3.05) is 5.32 Å². The molecular formula is C16H11ClFN5O. The summed E-state index contributed by atoms with van der Waals surface area (Å²) in [5, 5.41) is 13.6. The lowest BCUT2D eigenvalue weighted by atomic mass is 10.2. The number of aromatic nitrogens is 4. The molecule has 1 heterocycles. The van der Waals surface area contributed by atoms with Gasteiger partial charge in [0.05, 0.1) is 10.7 Å². The third kappa shape index (κ3) is 3.82. The Balaban J connectivity index is 1.69. The first-order chi connectivity index (χ1) is 11.6. The molecule has 0 aliphatic carbocycles. The van der Waals surface area contributed by atoms with Gasteiger partial charge in [0, 0.05) is 11.8 Å². The first-order valence-corrected chi connectivity index (χ1v) is 7.27. The van der Waals surface area contributed by atoms with Crippen molar-refractivity contribution < 1.29 is 9.18 Å². The Bertz CT molecular complexity index is 895. The second kappa shape index (κ2) is 7.01. The summed E-state index contributed by atoms with van der Waals surface area (Å²) < 4.78 is 14.6. The molecule has 2 aromatic carbocycles. The van der Waals surface area contributed by atoms with Crippen LogP contribution in [-0.2, 0) is 4.79 Å². The highest BCUT2D eigenvalue weighted by atomic mass is 35.5. The fourth-order valence-electron chi connectivity index (χ4n) is 1.98. The molecule has 0 aliphatic heterocycles. The van der Waals surface area contributed by atoms with E-state index in [1.165, 1.54) is 35.3 Å². The number of carbonyl (C=O) groups is 1. The maximum atomic E-state index is 13.1. The largest absolute Gasteiger partial charge is 0.322 e. The Morgan fingerprint density at radius 1 is 1.25 bits per heavy atom. The van der Waals surface area contributed by atoms with Crippen molar-refractivity contribution in [3.63, 3.8) is 0 Å². The van der Waals surface area contributed by atoms with Crippen molar-refractivity contribution in [1.82, 2.24) is 20.2 Å². The molecule has 0 aliphatic rings. The highest BCUT2D eigenvalue weighted by Gasteiger charge is 2.03. The Kier molecular flexibility index (Phi) is 4.62. The molecule has 0 fully saturated rings. The molecule has 0 saturated heterocycles. The van der Waals surface area contributed by atoms with Gasteiger partial charge in [0.15, 0.2) is 0 Å². The topological polar surface area (TPSA) is 72.7 Å². The van der Waals surface area contributed by atoms with Gasteiger partial charge in [-0.25, -0.2) is 9.07 Å². The Hall–Kier alpha value is -3.06. The van der Waals surface area contributed by atoms with E-state index in [1.807, 2.05) is 6.07 Å². The van der Waals surface area contributed by atoms with Crippen LogP contribution < -0.4 is 5.32 Å². The van der Waals surface area contributed by atoms with Crippen LogP contribution in [0.2, 0.25) is 5.02 Å². The molecule has 0 atom stereocenters. The Morgan fingerprint density at radius 3 is 2.88 bits per heavy atom. The second-order valence-corrected chi connectivity index (χ2v) is 5.21. The lowest BCUT2D eigenvalue weighted by Gasteiger charge is -2.05. The zero-order valence-electron chi connectivity index (χ0n) is 12.2. The van der Waals surface area contributed by atoms with E-state index in [-0.39, 0.29) is 10.9 Å². The third-order valence-corrected chi connectivity index (χ3v) is 3.39. The Morgan fingerprint density at radius 2 is 2.12 bits per heavy atom. The highest BCUT2D eigenvalue weighted by Crippen LogP contribution is 2.17. The molecule has 3 aromatic rings. The van der Waals surface area contributed by atoms with Crippen LogP contribution >= 0.6 is 11.6 Å². The first kappa shape index (κ1) is 15.8.